The van der Waals surface area contributed by atoms with E-state index >= 15 is 0 Å². The van der Waals surface area contributed by atoms with Gasteiger partial charge in [-0.15, -0.1) is 0 Å². The molecule has 1 aromatic carbocycles. The van der Waals surface area contributed by atoms with Crippen LogP contribution in [0.25, 0.3) is 5.52 Å². The second-order valence-corrected chi connectivity index (χ2v) is 9.94. The number of hydrogen-bond acceptors (Lipinski definition) is 11. The number of rotatable bonds is 11. The Morgan fingerprint density at radius 3 is 2.73 bits per heavy atom. The lowest BCUT2D eigenvalue weighted by Gasteiger charge is -2.24. The van der Waals surface area contributed by atoms with Crippen molar-refractivity contribution in [2.75, 3.05) is 18.9 Å². The lowest BCUT2D eigenvalue weighted by molar-refractivity contribution is -0.0657. The van der Waals surface area contributed by atoms with Crippen molar-refractivity contribution in [3.8, 4) is 6.07 Å². The summed E-state index contributed by atoms with van der Waals surface area (Å²) in [4.78, 5) is 14.0. The number of phosphoric ester groups is 1. The Bertz CT molecular complexity index is 1300. The summed E-state index contributed by atoms with van der Waals surface area (Å²) < 4.78 is 35.3. The SMILES string of the molecule is CC[C@H](COP(=O)(O)OC[C@H]1O[C@@](C#N)(c2ccc3c(N)ncnn23)[C@@H](O)C1O)OCc1ccccc1. The van der Waals surface area contributed by atoms with Gasteiger partial charge in [0.2, 0.25) is 5.60 Å². The minimum atomic E-state index is -4.59. The van der Waals surface area contributed by atoms with Crippen LogP contribution in [0.1, 0.15) is 24.6 Å². The molecule has 198 valence electrons. The molecule has 4 rings (SSSR count). The highest BCUT2D eigenvalue weighted by Gasteiger charge is 2.58. The summed E-state index contributed by atoms with van der Waals surface area (Å²) in [6.45, 7) is 1.29. The Kier molecular flexibility index (Phi) is 8.23. The van der Waals surface area contributed by atoms with E-state index in [1.54, 1.807) is 0 Å². The molecule has 0 radical (unpaired) electrons. The van der Waals surface area contributed by atoms with Crippen molar-refractivity contribution < 1.29 is 38.2 Å². The number of anilines is 1. The average Bonchev–Trinajstić information content (AvgIpc) is 3.44. The van der Waals surface area contributed by atoms with Gasteiger partial charge in [0.1, 0.15) is 36.2 Å². The first kappa shape index (κ1) is 27.1. The van der Waals surface area contributed by atoms with Gasteiger partial charge in [-0.3, -0.25) is 9.05 Å². The van der Waals surface area contributed by atoms with E-state index in [9.17, 15) is 24.9 Å². The van der Waals surface area contributed by atoms with Crippen LogP contribution in [0.3, 0.4) is 0 Å². The summed E-state index contributed by atoms with van der Waals surface area (Å²) in [5, 5.41) is 35.3. The third-order valence-electron chi connectivity index (χ3n) is 6.10. The molecule has 6 atom stereocenters. The number of phosphoric acid groups is 1. The van der Waals surface area contributed by atoms with Gasteiger partial charge < -0.3 is 30.3 Å². The van der Waals surface area contributed by atoms with Gasteiger partial charge in [0.15, 0.2) is 5.82 Å². The molecule has 1 fully saturated rings. The van der Waals surface area contributed by atoms with E-state index in [2.05, 4.69) is 10.1 Å². The molecule has 0 amide bonds. The van der Waals surface area contributed by atoms with Gasteiger partial charge in [-0.25, -0.2) is 14.1 Å². The lowest BCUT2D eigenvalue weighted by Crippen LogP contribution is -2.41. The second kappa shape index (κ2) is 11.2. The zero-order chi connectivity index (χ0) is 26.6. The van der Waals surface area contributed by atoms with E-state index in [4.69, 9.17) is 24.3 Å². The Morgan fingerprint density at radius 1 is 1.27 bits per heavy atom. The molecular weight excluding hydrogens is 505 g/mol. The van der Waals surface area contributed by atoms with Crippen molar-refractivity contribution >= 4 is 19.2 Å². The molecule has 0 saturated carbocycles. The van der Waals surface area contributed by atoms with Crippen molar-refractivity contribution in [1.82, 2.24) is 14.6 Å². The minimum absolute atomic E-state index is 0.0953. The van der Waals surface area contributed by atoms with Gasteiger partial charge in [-0.2, -0.15) is 10.4 Å². The van der Waals surface area contributed by atoms with E-state index in [0.717, 1.165) is 5.56 Å². The maximum absolute atomic E-state index is 12.5. The minimum Gasteiger partial charge on any atom is -0.387 e. The molecule has 1 aliphatic heterocycles. The third-order valence-corrected chi connectivity index (χ3v) is 7.05. The largest absolute Gasteiger partial charge is 0.472 e. The molecule has 1 aliphatic rings. The van der Waals surface area contributed by atoms with Gasteiger partial charge in [-0.1, -0.05) is 37.3 Å². The number of aliphatic hydroxyl groups excluding tert-OH is 2. The van der Waals surface area contributed by atoms with E-state index in [0.29, 0.717) is 18.5 Å². The predicted octanol–water partition coefficient (Wildman–Crippen LogP) is 1.28. The lowest BCUT2D eigenvalue weighted by atomic mass is 9.92. The molecule has 1 saturated heterocycles. The zero-order valence-electron chi connectivity index (χ0n) is 20.0. The third kappa shape index (κ3) is 5.67. The summed E-state index contributed by atoms with van der Waals surface area (Å²) in [5.74, 6) is 0.138. The van der Waals surface area contributed by atoms with Crippen molar-refractivity contribution in [3.63, 3.8) is 0 Å². The molecule has 5 N–H and O–H groups in total. The van der Waals surface area contributed by atoms with Crippen LogP contribution in [-0.2, 0) is 35.3 Å². The smallest absolute Gasteiger partial charge is 0.387 e. The predicted molar refractivity (Wildman–Crippen MR) is 129 cm³/mol. The maximum Gasteiger partial charge on any atom is 0.472 e. The zero-order valence-corrected chi connectivity index (χ0v) is 20.8. The summed E-state index contributed by atoms with van der Waals surface area (Å²) in [6, 6.07) is 14.3. The van der Waals surface area contributed by atoms with Crippen molar-refractivity contribution in [3.05, 3.63) is 60.0 Å². The highest BCUT2D eigenvalue weighted by molar-refractivity contribution is 7.47. The van der Waals surface area contributed by atoms with Crippen LogP contribution in [0, 0.1) is 11.3 Å². The maximum atomic E-state index is 12.5. The molecule has 2 unspecified atom stereocenters. The van der Waals surface area contributed by atoms with Gasteiger partial charge in [0.05, 0.1) is 31.6 Å². The Hall–Kier alpha value is -2.92. The monoisotopic (exact) mass is 533 g/mol. The summed E-state index contributed by atoms with van der Waals surface area (Å²) in [5.41, 5.74) is 5.19. The number of hydrogen-bond donors (Lipinski definition) is 4. The first-order valence-corrected chi connectivity index (χ1v) is 13.0. The number of nitriles is 1. The highest BCUT2D eigenvalue weighted by atomic mass is 31.2. The molecular formula is C23H28N5O8P. The van der Waals surface area contributed by atoms with Crippen LogP contribution in [0.2, 0.25) is 0 Å². The van der Waals surface area contributed by atoms with Crippen molar-refractivity contribution in [1.29, 1.82) is 5.26 Å². The van der Waals surface area contributed by atoms with E-state index in [-0.39, 0.29) is 18.1 Å². The molecule has 2 aromatic heterocycles. The van der Waals surface area contributed by atoms with Crippen LogP contribution in [0.4, 0.5) is 5.82 Å². The molecule has 14 heteroatoms. The quantitative estimate of drug-likeness (QED) is 0.258. The second-order valence-electron chi connectivity index (χ2n) is 8.49. The summed E-state index contributed by atoms with van der Waals surface area (Å²) in [6.07, 6.45) is -3.46. The number of fused-ring (bicyclic) bond motifs is 1. The number of nitrogens with two attached hydrogens (primary N) is 1. The fraction of sp³-hybridized carbons (Fsp3) is 0.435. The van der Waals surface area contributed by atoms with Crippen molar-refractivity contribution in [2.24, 2.45) is 0 Å². The average molecular weight is 533 g/mol. The topological polar surface area (TPSA) is 195 Å². The molecule has 0 bridgehead atoms. The fourth-order valence-electron chi connectivity index (χ4n) is 4.00. The molecule has 3 aromatic rings. The Morgan fingerprint density at radius 2 is 2.03 bits per heavy atom. The van der Waals surface area contributed by atoms with Crippen LogP contribution >= 0.6 is 7.82 Å². The first-order valence-electron chi connectivity index (χ1n) is 11.5. The molecule has 0 aliphatic carbocycles. The highest BCUT2D eigenvalue weighted by Crippen LogP contribution is 2.46. The molecule has 13 nitrogen and oxygen atoms in total. The van der Waals surface area contributed by atoms with Crippen LogP contribution in [0.15, 0.2) is 48.8 Å². The van der Waals surface area contributed by atoms with Gasteiger partial charge in [0.25, 0.3) is 0 Å². The number of aliphatic hydroxyl groups is 2. The Labute approximate surface area is 212 Å². The van der Waals surface area contributed by atoms with Crippen molar-refractivity contribution in [2.45, 2.75) is 50.0 Å². The van der Waals surface area contributed by atoms with E-state index < -0.39 is 44.4 Å². The van der Waals surface area contributed by atoms with Crippen LogP contribution in [-0.4, -0.2) is 67.3 Å². The molecule has 37 heavy (non-hydrogen) atoms. The van der Waals surface area contributed by atoms with Gasteiger partial charge >= 0.3 is 7.82 Å². The summed E-state index contributed by atoms with van der Waals surface area (Å²) in [7, 11) is -4.59. The normalized spacial score (nSPS) is 26.1. The van der Waals surface area contributed by atoms with Gasteiger partial charge in [0, 0.05) is 0 Å². The number of aromatic nitrogens is 3. The Balaban J connectivity index is 1.38. The van der Waals surface area contributed by atoms with Gasteiger partial charge in [-0.05, 0) is 24.1 Å². The number of ether oxygens (including phenoxy) is 2. The molecule has 0 spiro atoms. The van der Waals surface area contributed by atoms with E-state index in [1.165, 1.54) is 23.0 Å². The number of nitrogen functional groups attached to an aromatic ring is 1. The van der Waals surface area contributed by atoms with Crippen LogP contribution < -0.4 is 5.73 Å². The fourth-order valence-corrected chi connectivity index (χ4v) is 4.77. The molecule has 3 heterocycles. The van der Waals surface area contributed by atoms with Crippen LogP contribution in [0.5, 0.6) is 0 Å². The number of nitrogens with zero attached hydrogens (tertiary/aromatic N) is 4. The first-order chi connectivity index (χ1) is 17.7. The standard InChI is InChI=1S/C23H28N5O8P/c1-2-16(33-10-15-6-4-3-5-7-15)11-34-37(31,32)35-12-18-20(29)21(30)23(13-24,36-18)19-9-8-17-22(25)26-14-27-28(17)19/h3-9,14,16,18,20-21,29-30H,2,10-12H2,1H3,(H,31,32)(H2,25,26,27)/t16-,18-,20?,21+,23+/m1/s1. The number of benzene rings is 1. The summed E-state index contributed by atoms with van der Waals surface area (Å²) >= 11 is 0. The van der Waals surface area contributed by atoms with E-state index in [1.807, 2.05) is 43.3 Å².